The van der Waals surface area contributed by atoms with E-state index in [0.717, 1.165) is 71.5 Å². The maximum absolute atomic E-state index is 6.20. The minimum absolute atomic E-state index is 0.567. The van der Waals surface area contributed by atoms with Gasteiger partial charge in [0.05, 0.1) is 22.1 Å². The fourth-order valence-corrected chi connectivity index (χ4v) is 8.59. The van der Waals surface area contributed by atoms with Crippen LogP contribution < -0.4 is 0 Å². The Morgan fingerprint density at radius 1 is 0.364 bits per heavy atom. The van der Waals surface area contributed by atoms with Crippen molar-refractivity contribution in [3.05, 3.63) is 176 Å². The number of fused-ring (bicyclic) bond motifs is 12. The summed E-state index contributed by atoms with van der Waals surface area (Å²) in [6.07, 6.45) is 0. The second-order valence-electron chi connectivity index (χ2n) is 14.0. The molecule has 0 saturated carbocycles. The van der Waals surface area contributed by atoms with Gasteiger partial charge in [0.25, 0.3) is 0 Å². The van der Waals surface area contributed by atoms with Crippen molar-refractivity contribution < 1.29 is 4.42 Å². The van der Waals surface area contributed by atoms with Crippen molar-refractivity contribution in [3.63, 3.8) is 0 Å². The first-order valence-corrected chi connectivity index (χ1v) is 18.5. The third-order valence-electron chi connectivity index (χ3n) is 11.0. The highest BCUT2D eigenvalue weighted by Gasteiger charge is 2.23. The number of para-hydroxylation sites is 4. The molecule has 0 saturated heterocycles. The van der Waals surface area contributed by atoms with Gasteiger partial charge in [-0.2, -0.15) is 9.97 Å². The van der Waals surface area contributed by atoms with Gasteiger partial charge in [0.2, 0.25) is 5.95 Å². The molecule has 12 rings (SSSR count). The Hall–Kier alpha value is -7.57. The third kappa shape index (κ3) is 4.39. The maximum atomic E-state index is 6.20. The Labute approximate surface area is 314 Å². The lowest BCUT2D eigenvalue weighted by atomic mass is 10.0. The lowest BCUT2D eigenvalue weighted by Gasteiger charge is -2.11. The molecular formula is C49H29N5O. The molecule has 0 atom stereocenters. The van der Waals surface area contributed by atoms with Crippen LogP contribution >= 0.6 is 0 Å². The summed E-state index contributed by atoms with van der Waals surface area (Å²) >= 11 is 0. The SMILES string of the molecule is c1ccc(-c2nc(-c3ccc4c(ccc5oc6ccccc6c54)c3)nc(-n3c4ccccc4c4c5c6ccccc6n(-c6ccccc6)c5ccc43)n2)cc1. The van der Waals surface area contributed by atoms with E-state index in [0.29, 0.717) is 17.6 Å². The Balaban J connectivity index is 1.14. The van der Waals surface area contributed by atoms with Crippen molar-refractivity contribution >= 4 is 76.3 Å². The quantitative estimate of drug-likeness (QED) is 0.183. The second-order valence-corrected chi connectivity index (χ2v) is 14.0. The predicted molar refractivity (Wildman–Crippen MR) is 224 cm³/mol. The fourth-order valence-electron chi connectivity index (χ4n) is 8.59. The standard InChI is InChI=1S/C49H29N5O/c1-3-13-30(14-4-1)47-50-48(32-23-25-34-31(29-32)24-28-43-44(34)37-19-9-12-22-42(37)55-43)52-49(51-47)54-39-21-11-8-18-36(39)46-41(54)27-26-40-45(46)35-17-7-10-20-38(35)53(40)33-15-5-2-6-16-33/h1-29H. The molecule has 256 valence electrons. The molecule has 0 amide bonds. The van der Waals surface area contributed by atoms with Gasteiger partial charge in [-0.3, -0.25) is 4.57 Å². The maximum Gasteiger partial charge on any atom is 0.238 e. The number of hydrogen-bond acceptors (Lipinski definition) is 4. The normalized spacial score (nSPS) is 12.0. The molecule has 0 unspecified atom stereocenters. The van der Waals surface area contributed by atoms with Gasteiger partial charge in [0.15, 0.2) is 11.6 Å². The summed E-state index contributed by atoms with van der Waals surface area (Å²) in [6.45, 7) is 0. The molecule has 6 nitrogen and oxygen atoms in total. The summed E-state index contributed by atoms with van der Waals surface area (Å²) in [5, 5.41) is 9.17. The number of furan rings is 1. The molecule has 6 heteroatoms. The van der Waals surface area contributed by atoms with E-state index in [-0.39, 0.29) is 0 Å². The average Bonchev–Trinajstić information content (AvgIpc) is 3.92. The van der Waals surface area contributed by atoms with E-state index < -0.39 is 0 Å². The van der Waals surface area contributed by atoms with E-state index in [2.05, 4.69) is 155 Å². The van der Waals surface area contributed by atoms with E-state index in [1.165, 1.54) is 21.7 Å². The molecule has 0 spiro atoms. The molecule has 0 N–H and O–H groups in total. The van der Waals surface area contributed by atoms with Crippen LogP contribution in [-0.4, -0.2) is 24.1 Å². The molecule has 0 aliphatic rings. The third-order valence-corrected chi connectivity index (χ3v) is 11.0. The molecule has 8 aromatic carbocycles. The number of hydrogen-bond donors (Lipinski definition) is 0. The van der Waals surface area contributed by atoms with Crippen LogP contribution in [0.4, 0.5) is 0 Å². The predicted octanol–water partition coefficient (Wildman–Crippen LogP) is 12.5. The van der Waals surface area contributed by atoms with Crippen molar-refractivity contribution in [2.45, 2.75) is 0 Å². The minimum Gasteiger partial charge on any atom is -0.456 e. The molecule has 0 aliphatic heterocycles. The van der Waals surface area contributed by atoms with Gasteiger partial charge >= 0.3 is 0 Å². The fraction of sp³-hybridized carbons (Fsp3) is 0. The second kappa shape index (κ2) is 11.5. The Morgan fingerprint density at radius 2 is 0.964 bits per heavy atom. The van der Waals surface area contributed by atoms with Gasteiger partial charge < -0.3 is 8.98 Å². The highest BCUT2D eigenvalue weighted by molar-refractivity contribution is 6.29. The van der Waals surface area contributed by atoms with Gasteiger partial charge in [-0.15, -0.1) is 0 Å². The molecule has 4 heterocycles. The van der Waals surface area contributed by atoms with Gasteiger partial charge in [-0.05, 0) is 65.4 Å². The Morgan fingerprint density at radius 3 is 1.71 bits per heavy atom. The topological polar surface area (TPSA) is 61.7 Å². The van der Waals surface area contributed by atoms with E-state index in [9.17, 15) is 0 Å². The smallest absolute Gasteiger partial charge is 0.238 e. The number of aromatic nitrogens is 5. The van der Waals surface area contributed by atoms with E-state index in [1.54, 1.807) is 0 Å². The molecule has 0 radical (unpaired) electrons. The van der Waals surface area contributed by atoms with E-state index in [4.69, 9.17) is 19.4 Å². The summed E-state index contributed by atoms with van der Waals surface area (Å²) in [5.74, 6) is 1.79. The van der Waals surface area contributed by atoms with Crippen molar-refractivity contribution in [3.8, 4) is 34.4 Å². The van der Waals surface area contributed by atoms with Crippen LogP contribution in [0.1, 0.15) is 0 Å². The first-order chi connectivity index (χ1) is 27.3. The van der Waals surface area contributed by atoms with Crippen LogP contribution in [0.2, 0.25) is 0 Å². The van der Waals surface area contributed by atoms with Gasteiger partial charge in [0, 0.05) is 49.1 Å². The van der Waals surface area contributed by atoms with Crippen LogP contribution in [0.3, 0.4) is 0 Å². The van der Waals surface area contributed by atoms with Gasteiger partial charge in [-0.25, -0.2) is 4.98 Å². The number of rotatable bonds is 4. The van der Waals surface area contributed by atoms with E-state index >= 15 is 0 Å². The van der Waals surface area contributed by atoms with Crippen LogP contribution in [0.15, 0.2) is 180 Å². The number of benzene rings is 8. The highest BCUT2D eigenvalue weighted by Crippen LogP contribution is 2.42. The van der Waals surface area contributed by atoms with Gasteiger partial charge in [0.1, 0.15) is 11.2 Å². The molecule has 55 heavy (non-hydrogen) atoms. The summed E-state index contributed by atoms with van der Waals surface area (Å²) in [4.78, 5) is 15.6. The largest absolute Gasteiger partial charge is 0.456 e. The van der Waals surface area contributed by atoms with Crippen molar-refractivity contribution in [2.75, 3.05) is 0 Å². The molecular weight excluding hydrogens is 675 g/mol. The number of nitrogens with zero attached hydrogens (tertiary/aromatic N) is 5. The molecule has 0 aliphatic carbocycles. The van der Waals surface area contributed by atoms with Crippen LogP contribution in [0.25, 0.3) is 111 Å². The zero-order valence-electron chi connectivity index (χ0n) is 29.4. The molecule has 4 aromatic heterocycles. The van der Waals surface area contributed by atoms with Crippen LogP contribution in [-0.2, 0) is 0 Å². The Bertz CT molecular complexity index is 3490. The highest BCUT2D eigenvalue weighted by atomic mass is 16.3. The summed E-state index contributed by atoms with van der Waals surface area (Å²) < 4.78 is 10.8. The Kier molecular flexibility index (Phi) is 6.24. The van der Waals surface area contributed by atoms with Crippen molar-refractivity contribution in [2.24, 2.45) is 0 Å². The summed E-state index contributed by atoms with van der Waals surface area (Å²) in [6, 6.07) is 61.3. The van der Waals surface area contributed by atoms with Crippen molar-refractivity contribution in [1.29, 1.82) is 0 Å². The lowest BCUT2D eigenvalue weighted by Crippen LogP contribution is -2.06. The molecule has 12 aromatic rings. The first kappa shape index (κ1) is 29.9. The monoisotopic (exact) mass is 703 g/mol. The summed E-state index contributed by atoms with van der Waals surface area (Å²) in [5.41, 5.74) is 9.11. The van der Waals surface area contributed by atoms with Crippen LogP contribution in [0.5, 0.6) is 0 Å². The summed E-state index contributed by atoms with van der Waals surface area (Å²) in [7, 11) is 0. The van der Waals surface area contributed by atoms with Crippen molar-refractivity contribution in [1.82, 2.24) is 24.1 Å². The minimum atomic E-state index is 0.567. The lowest BCUT2D eigenvalue weighted by molar-refractivity contribution is 0.669. The average molecular weight is 704 g/mol. The van der Waals surface area contributed by atoms with E-state index in [1.807, 2.05) is 30.3 Å². The zero-order valence-corrected chi connectivity index (χ0v) is 29.4. The first-order valence-electron chi connectivity index (χ1n) is 18.5. The molecule has 0 bridgehead atoms. The zero-order chi connectivity index (χ0) is 36.0. The van der Waals surface area contributed by atoms with Crippen LogP contribution in [0, 0.1) is 0 Å². The molecule has 0 fully saturated rings. The van der Waals surface area contributed by atoms with Gasteiger partial charge in [-0.1, -0.05) is 121 Å².